The number of aryl methyl sites for hydroxylation is 1. The molecule has 0 saturated carbocycles. The molecule has 0 aliphatic rings. The van der Waals surface area contributed by atoms with E-state index in [-0.39, 0.29) is 0 Å². The van der Waals surface area contributed by atoms with Crippen LogP contribution in [0.3, 0.4) is 0 Å². The maximum Gasteiger partial charge on any atom is 0.208 e. The SMILES string of the molecule is C=S(=O)(F)n1ccnc1C. The molecule has 56 valence electrons. The minimum atomic E-state index is -3.64. The summed E-state index contributed by atoms with van der Waals surface area (Å²) in [5, 5.41) is 0. The average molecular weight is 162 g/mol. The number of aromatic nitrogens is 2. The zero-order valence-corrected chi connectivity index (χ0v) is 6.27. The number of hydrogen-bond acceptors (Lipinski definition) is 2. The molecular formula is C5H7FN2OS. The van der Waals surface area contributed by atoms with Crippen molar-refractivity contribution in [1.29, 1.82) is 0 Å². The van der Waals surface area contributed by atoms with Crippen LogP contribution in [0.4, 0.5) is 3.89 Å². The summed E-state index contributed by atoms with van der Waals surface area (Å²) in [6, 6.07) is 0. The lowest BCUT2D eigenvalue weighted by Crippen LogP contribution is -2.05. The van der Waals surface area contributed by atoms with Gasteiger partial charge in [0.15, 0.2) is 0 Å². The van der Waals surface area contributed by atoms with E-state index in [0.717, 1.165) is 3.97 Å². The van der Waals surface area contributed by atoms with Gasteiger partial charge in [0.1, 0.15) is 5.82 Å². The summed E-state index contributed by atoms with van der Waals surface area (Å²) >= 11 is 0. The Balaban J connectivity index is 3.32. The first-order chi connectivity index (χ1) is 4.52. The highest BCUT2D eigenvalue weighted by atomic mass is 32.3. The van der Waals surface area contributed by atoms with Crippen LogP contribution in [0.1, 0.15) is 5.82 Å². The summed E-state index contributed by atoms with van der Waals surface area (Å²) in [6.07, 6.45) is 2.67. The molecule has 0 saturated heterocycles. The standard InChI is InChI=1S/C5H7FN2OS/c1-5-7-3-4-8(5)10(2,6)9/h3-4H,2H2,1H3. The van der Waals surface area contributed by atoms with Gasteiger partial charge < -0.3 is 0 Å². The van der Waals surface area contributed by atoms with Crippen LogP contribution in [0, 0.1) is 6.92 Å². The maximum atomic E-state index is 12.6. The van der Waals surface area contributed by atoms with Gasteiger partial charge in [0.2, 0.25) is 10.1 Å². The number of nitrogens with zero attached hydrogens (tertiary/aromatic N) is 2. The molecule has 0 aromatic carbocycles. The second-order valence-electron chi connectivity index (χ2n) is 1.86. The Morgan fingerprint density at radius 3 is 2.70 bits per heavy atom. The van der Waals surface area contributed by atoms with Crippen LogP contribution in [0.2, 0.25) is 0 Å². The fraction of sp³-hybridized carbons (Fsp3) is 0.200. The predicted octanol–water partition coefficient (Wildman–Crippen LogP) is 0.556. The van der Waals surface area contributed by atoms with Gasteiger partial charge in [-0.15, -0.1) is 3.89 Å². The van der Waals surface area contributed by atoms with Gasteiger partial charge in [-0.2, -0.15) is 0 Å². The number of rotatable bonds is 1. The van der Waals surface area contributed by atoms with E-state index in [2.05, 4.69) is 10.9 Å². The number of imidazole rings is 1. The van der Waals surface area contributed by atoms with E-state index in [1.165, 1.54) is 12.4 Å². The number of hydrogen-bond donors (Lipinski definition) is 0. The molecule has 1 atom stereocenters. The minimum absolute atomic E-state index is 0.363. The molecule has 0 amide bonds. The highest BCUT2D eigenvalue weighted by Gasteiger charge is 2.04. The van der Waals surface area contributed by atoms with Crippen LogP contribution in [0.15, 0.2) is 12.4 Å². The van der Waals surface area contributed by atoms with Gasteiger partial charge in [0, 0.05) is 18.3 Å². The largest absolute Gasteiger partial charge is 0.241 e. The summed E-state index contributed by atoms with van der Waals surface area (Å²) in [4.78, 5) is 3.69. The quantitative estimate of drug-likeness (QED) is 0.446. The smallest absolute Gasteiger partial charge is 0.208 e. The van der Waals surface area contributed by atoms with Crippen molar-refractivity contribution in [2.75, 3.05) is 0 Å². The molecule has 1 aromatic rings. The van der Waals surface area contributed by atoms with E-state index in [1.54, 1.807) is 6.92 Å². The zero-order valence-electron chi connectivity index (χ0n) is 5.45. The van der Waals surface area contributed by atoms with E-state index in [0.29, 0.717) is 5.82 Å². The van der Waals surface area contributed by atoms with Crippen LogP contribution in [-0.4, -0.2) is 19.0 Å². The van der Waals surface area contributed by atoms with Crippen LogP contribution in [0.5, 0.6) is 0 Å². The third-order valence-electron chi connectivity index (χ3n) is 1.08. The first-order valence-corrected chi connectivity index (χ1v) is 4.17. The van der Waals surface area contributed by atoms with Gasteiger partial charge in [-0.1, -0.05) is 0 Å². The molecular weight excluding hydrogens is 155 g/mol. The molecule has 0 radical (unpaired) electrons. The lowest BCUT2D eigenvalue weighted by Gasteiger charge is -1.99. The molecule has 3 nitrogen and oxygen atoms in total. The Morgan fingerprint density at radius 2 is 2.50 bits per heavy atom. The molecule has 1 heterocycles. The van der Waals surface area contributed by atoms with Crippen LogP contribution >= 0.6 is 0 Å². The van der Waals surface area contributed by atoms with Crippen molar-refractivity contribution in [2.45, 2.75) is 6.92 Å². The van der Waals surface area contributed by atoms with Crippen molar-refractivity contribution in [2.24, 2.45) is 0 Å². The van der Waals surface area contributed by atoms with Crippen LogP contribution < -0.4 is 0 Å². The van der Waals surface area contributed by atoms with E-state index < -0.39 is 10.1 Å². The van der Waals surface area contributed by atoms with Crippen LogP contribution in [-0.2, 0) is 10.1 Å². The van der Waals surface area contributed by atoms with E-state index in [4.69, 9.17) is 0 Å². The molecule has 0 N–H and O–H groups in total. The molecule has 0 bridgehead atoms. The normalized spacial score (nSPS) is 16.6. The first kappa shape index (κ1) is 7.27. The van der Waals surface area contributed by atoms with Crippen molar-refractivity contribution in [1.82, 2.24) is 8.96 Å². The third kappa shape index (κ3) is 1.18. The van der Waals surface area contributed by atoms with Gasteiger partial charge in [-0.25, -0.2) is 13.2 Å². The summed E-state index contributed by atoms with van der Waals surface area (Å²) in [5.41, 5.74) is 0. The molecule has 1 aromatic heterocycles. The second kappa shape index (κ2) is 2.09. The maximum absolute atomic E-state index is 12.6. The van der Waals surface area contributed by atoms with E-state index in [9.17, 15) is 8.09 Å². The van der Waals surface area contributed by atoms with Crippen molar-refractivity contribution in [3.8, 4) is 0 Å². The van der Waals surface area contributed by atoms with Crippen molar-refractivity contribution in [3.63, 3.8) is 0 Å². The zero-order chi connectivity index (χ0) is 7.78. The average Bonchev–Trinajstić information content (AvgIpc) is 2.11. The Bertz CT molecular complexity index is 327. The highest BCUT2D eigenvalue weighted by molar-refractivity contribution is 7.94. The summed E-state index contributed by atoms with van der Waals surface area (Å²) in [6.45, 7) is 1.56. The highest BCUT2D eigenvalue weighted by Crippen LogP contribution is 2.01. The second-order valence-corrected chi connectivity index (χ2v) is 3.38. The fourth-order valence-electron chi connectivity index (χ4n) is 0.655. The van der Waals surface area contributed by atoms with Crippen LogP contribution in [0.25, 0.3) is 0 Å². The lowest BCUT2D eigenvalue weighted by atomic mass is 10.8. The van der Waals surface area contributed by atoms with E-state index in [1.807, 2.05) is 0 Å². The van der Waals surface area contributed by atoms with Gasteiger partial charge in [0.05, 0.1) is 0 Å². The molecule has 5 heteroatoms. The fourth-order valence-corrected chi connectivity index (χ4v) is 1.33. The van der Waals surface area contributed by atoms with Gasteiger partial charge in [-0.3, -0.25) is 0 Å². The monoisotopic (exact) mass is 162 g/mol. The molecule has 0 spiro atoms. The Hall–Kier alpha value is -0.840. The van der Waals surface area contributed by atoms with Crippen molar-refractivity contribution >= 4 is 16.0 Å². The Morgan fingerprint density at radius 1 is 1.90 bits per heavy atom. The summed E-state index contributed by atoms with van der Waals surface area (Å²) in [5.74, 6) is 3.22. The Labute approximate surface area is 58.9 Å². The van der Waals surface area contributed by atoms with E-state index >= 15 is 0 Å². The minimum Gasteiger partial charge on any atom is -0.241 e. The lowest BCUT2D eigenvalue weighted by molar-refractivity contribution is 0.635. The Kier molecular flexibility index (Phi) is 1.52. The van der Waals surface area contributed by atoms with Gasteiger partial charge in [0.25, 0.3) is 0 Å². The molecule has 0 aliphatic heterocycles. The molecule has 0 fully saturated rings. The molecule has 1 unspecified atom stereocenters. The topological polar surface area (TPSA) is 34.9 Å². The number of halogens is 1. The predicted molar refractivity (Wildman–Crippen MR) is 38.7 cm³/mol. The van der Waals surface area contributed by atoms with Crippen molar-refractivity contribution < 1.29 is 8.09 Å². The summed E-state index contributed by atoms with van der Waals surface area (Å²) < 4.78 is 24.1. The van der Waals surface area contributed by atoms with Gasteiger partial charge in [-0.05, 0) is 6.92 Å². The van der Waals surface area contributed by atoms with Gasteiger partial charge >= 0.3 is 0 Å². The van der Waals surface area contributed by atoms with Crippen molar-refractivity contribution in [3.05, 3.63) is 18.2 Å². The first-order valence-electron chi connectivity index (χ1n) is 2.59. The summed E-state index contributed by atoms with van der Waals surface area (Å²) in [7, 11) is -3.64. The third-order valence-corrected chi connectivity index (χ3v) is 2.05. The molecule has 1 rings (SSSR count). The molecule has 10 heavy (non-hydrogen) atoms. The molecule has 0 aliphatic carbocycles.